The second kappa shape index (κ2) is 15.0. The van der Waals surface area contributed by atoms with Crippen LogP contribution in [0.4, 0.5) is 0 Å². The molecule has 1 rings (SSSR count). The van der Waals surface area contributed by atoms with Crippen LogP contribution in [-0.2, 0) is 28.8 Å². The van der Waals surface area contributed by atoms with Crippen molar-refractivity contribution in [3.8, 4) is 0 Å². The number of primary amides is 2. The summed E-state index contributed by atoms with van der Waals surface area (Å²) >= 11 is 0. The van der Waals surface area contributed by atoms with E-state index in [4.69, 9.17) is 15.3 Å². The molecular weight excluding hydrogens is 370 g/mol. The predicted molar refractivity (Wildman–Crippen MR) is 88.2 cm³/mol. The van der Waals surface area contributed by atoms with Crippen LogP contribution in [0, 0.1) is 0 Å². The summed E-state index contributed by atoms with van der Waals surface area (Å²) in [4.78, 5) is 59.9. The van der Waals surface area contributed by atoms with Crippen LogP contribution in [0.3, 0.4) is 0 Å². The average molecular weight is 393 g/mol. The summed E-state index contributed by atoms with van der Waals surface area (Å²) in [7, 11) is 0. The van der Waals surface area contributed by atoms with Gasteiger partial charge in [0, 0.05) is 6.42 Å². The first-order chi connectivity index (χ1) is 12.5. The van der Waals surface area contributed by atoms with Crippen LogP contribution in [0.25, 0.3) is 0 Å². The lowest BCUT2D eigenvalue weighted by Gasteiger charge is -1.99. The summed E-state index contributed by atoms with van der Waals surface area (Å²) in [6.45, 7) is -0.648. The monoisotopic (exact) mass is 393 g/mol. The van der Waals surface area contributed by atoms with Crippen molar-refractivity contribution in [2.45, 2.75) is 18.9 Å². The molecule has 14 heteroatoms. The number of carbonyl (C=O) groups excluding carboxylic acids is 3. The lowest BCUT2D eigenvalue weighted by molar-refractivity contribution is -0.140. The highest BCUT2D eigenvalue weighted by Crippen LogP contribution is 2.05. The Kier molecular flexibility index (Phi) is 14.5. The van der Waals surface area contributed by atoms with Crippen molar-refractivity contribution in [3.05, 3.63) is 0 Å². The number of hydrogen-bond donors (Lipinski definition) is 8. The smallest absolute Gasteiger partial charge is 0.326 e. The van der Waals surface area contributed by atoms with Crippen LogP contribution >= 0.6 is 0 Å². The highest BCUT2D eigenvalue weighted by Gasteiger charge is 2.26. The Morgan fingerprint density at radius 3 is 1.48 bits per heavy atom. The van der Waals surface area contributed by atoms with Gasteiger partial charge in [-0.15, -0.1) is 0 Å². The molecule has 1 fully saturated rings. The molecule has 1 heterocycles. The Labute approximate surface area is 153 Å². The van der Waals surface area contributed by atoms with Crippen molar-refractivity contribution >= 4 is 35.6 Å². The molecule has 0 bridgehead atoms. The fraction of sp³-hybridized carbons (Fsp3) is 0.538. The molecule has 0 radical (unpaired) electrons. The maximum Gasteiger partial charge on any atom is 0.326 e. The predicted octanol–water partition coefficient (Wildman–Crippen LogP) is -4.36. The molecule has 0 aliphatic carbocycles. The summed E-state index contributed by atoms with van der Waals surface area (Å²) in [6, 6.07) is -0.641. The van der Waals surface area contributed by atoms with E-state index in [1.165, 1.54) is 0 Å². The third kappa shape index (κ3) is 20.7. The molecule has 0 unspecified atom stereocenters. The Morgan fingerprint density at radius 2 is 1.30 bits per heavy atom. The lowest BCUT2D eigenvalue weighted by atomic mass is 10.2. The Morgan fingerprint density at radius 1 is 0.889 bits per heavy atom. The molecule has 0 aromatic carbocycles. The number of carboxylic acid groups (broad SMARTS) is 3. The molecule has 0 aromatic rings. The van der Waals surface area contributed by atoms with Crippen LogP contribution < -0.4 is 27.4 Å². The van der Waals surface area contributed by atoms with E-state index < -0.39 is 35.8 Å². The van der Waals surface area contributed by atoms with Crippen molar-refractivity contribution in [2.75, 3.05) is 26.2 Å². The zero-order valence-electron chi connectivity index (χ0n) is 14.3. The number of carboxylic acids is 3. The number of nitrogens with one attached hydrogen (secondary N) is 3. The van der Waals surface area contributed by atoms with Gasteiger partial charge in [0.25, 0.3) is 0 Å². The van der Waals surface area contributed by atoms with Crippen molar-refractivity contribution in [3.63, 3.8) is 0 Å². The quantitative estimate of drug-likeness (QED) is 0.186. The summed E-state index contributed by atoms with van der Waals surface area (Å²) in [5.41, 5.74) is 9.37. The van der Waals surface area contributed by atoms with Gasteiger partial charge in [-0.1, -0.05) is 0 Å². The minimum absolute atomic E-state index is 0.0910. The molecule has 154 valence electrons. The number of aliphatic carboxylic acids is 3. The van der Waals surface area contributed by atoms with Gasteiger partial charge < -0.3 is 32.1 Å². The van der Waals surface area contributed by atoms with E-state index in [1.807, 2.05) is 0 Å². The van der Waals surface area contributed by atoms with E-state index in [1.54, 1.807) is 0 Å². The van der Waals surface area contributed by atoms with Gasteiger partial charge >= 0.3 is 17.9 Å². The highest BCUT2D eigenvalue weighted by molar-refractivity contribution is 5.87. The molecule has 14 nitrogen and oxygen atoms in total. The first kappa shape index (κ1) is 26.0. The van der Waals surface area contributed by atoms with E-state index in [0.717, 1.165) is 0 Å². The third-order valence-electron chi connectivity index (χ3n) is 2.44. The van der Waals surface area contributed by atoms with Crippen LogP contribution in [0.15, 0.2) is 0 Å². The van der Waals surface area contributed by atoms with Gasteiger partial charge in [0.15, 0.2) is 0 Å². The van der Waals surface area contributed by atoms with Gasteiger partial charge in [-0.3, -0.25) is 34.6 Å². The van der Waals surface area contributed by atoms with Crippen LogP contribution in [0.1, 0.15) is 12.8 Å². The number of amides is 3. The minimum Gasteiger partial charge on any atom is -0.480 e. The number of hydrogen-bond acceptors (Lipinski definition) is 8. The fourth-order valence-electron chi connectivity index (χ4n) is 1.38. The molecule has 1 aliphatic rings. The highest BCUT2D eigenvalue weighted by atomic mass is 16.4. The topological polar surface area (TPSA) is 251 Å². The van der Waals surface area contributed by atoms with Crippen LogP contribution in [0.2, 0.25) is 0 Å². The Hall–Kier alpha value is -3.26. The third-order valence-corrected chi connectivity index (χ3v) is 2.44. The summed E-state index contributed by atoms with van der Waals surface area (Å²) in [5, 5.41) is 31.3. The number of carbonyl (C=O) groups is 6. The lowest BCUT2D eigenvalue weighted by Crippen LogP contribution is -2.32. The van der Waals surface area contributed by atoms with Gasteiger partial charge in [-0.25, -0.2) is 4.79 Å². The van der Waals surface area contributed by atoms with E-state index in [9.17, 15) is 28.8 Å². The fourth-order valence-corrected chi connectivity index (χ4v) is 1.38. The van der Waals surface area contributed by atoms with Gasteiger partial charge in [0.05, 0.1) is 26.2 Å². The average Bonchev–Trinajstić information content (AvgIpc) is 2.94. The largest absolute Gasteiger partial charge is 0.480 e. The summed E-state index contributed by atoms with van der Waals surface area (Å²) in [6.07, 6.45) is 0.769. The first-order valence-corrected chi connectivity index (χ1v) is 7.39. The zero-order chi connectivity index (χ0) is 21.4. The van der Waals surface area contributed by atoms with E-state index >= 15 is 0 Å². The standard InChI is InChI=1S/C5H7NO3.2C4H8N2O3/c7-4-2-1-3(6-4)5(8)9;2*5-3(7)1-6-2-4(8)9/h3H,1-2H2,(H,6,7)(H,8,9);2*6H,1-2H2,(H2,5,7)(H,8,9)/t3-;;/m0../s1. The number of rotatable bonds is 9. The maximum absolute atomic E-state index is 10.4. The number of nitrogens with two attached hydrogens (primary N) is 2. The first-order valence-electron chi connectivity index (χ1n) is 7.39. The van der Waals surface area contributed by atoms with Gasteiger partial charge in [0.1, 0.15) is 6.04 Å². The molecule has 3 amide bonds. The molecule has 1 atom stereocenters. The molecule has 1 saturated heterocycles. The molecule has 0 aromatic heterocycles. The SMILES string of the molecule is NC(=O)CNCC(=O)O.NC(=O)CNCC(=O)O.O=C1CC[C@@H](C(=O)O)N1. The Bertz CT molecular complexity index is 494. The summed E-state index contributed by atoms with van der Waals surface area (Å²) in [5.74, 6) is -4.23. The van der Waals surface area contributed by atoms with Crippen molar-refractivity contribution in [2.24, 2.45) is 11.5 Å². The van der Waals surface area contributed by atoms with Crippen LogP contribution in [0.5, 0.6) is 0 Å². The van der Waals surface area contributed by atoms with Crippen LogP contribution in [-0.4, -0.2) is 83.2 Å². The molecule has 0 spiro atoms. The molecule has 10 N–H and O–H groups in total. The zero-order valence-corrected chi connectivity index (χ0v) is 14.3. The normalized spacial score (nSPS) is 14.5. The molecular formula is C13H23N5O9. The molecule has 0 saturated carbocycles. The van der Waals surface area contributed by atoms with Gasteiger partial charge in [0.2, 0.25) is 17.7 Å². The van der Waals surface area contributed by atoms with Crippen molar-refractivity contribution < 1.29 is 44.1 Å². The second-order valence-corrected chi connectivity index (χ2v) is 4.92. The van der Waals surface area contributed by atoms with Crippen molar-refractivity contribution in [1.29, 1.82) is 0 Å². The van der Waals surface area contributed by atoms with Gasteiger partial charge in [-0.2, -0.15) is 0 Å². The molecule has 1 aliphatic heterocycles. The second-order valence-electron chi connectivity index (χ2n) is 4.92. The molecule has 27 heavy (non-hydrogen) atoms. The van der Waals surface area contributed by atoms with E-state index in [2.05, 4.69) is 27.4 Å². The van der Waals surface area contributed by atoms with E-state index in [0.29, 0.717) is 12.8 Å². The van der Waals surface area contributed by atoms with Gasteiger partial charge in [-0.05, 0) is 6.42 Å². The summed E-state index contributed by atoms with van der Waals surface area (Å²) < 4.78 is 0. The minimum atomic E-state index is -1.00. The van der Waals surface area contributed by atoms with Crippen molar-refractivity contribution in [1.82, 2.24) is 16.0 Å². The maximum atomic E-state index is 10.4. The Balaban J connectivity index is 0. The van der Waals surface area contributed by atoms with E-state index in [-0.39, 0.29) is 32.1 Å².